The molecule has 1 fully saturated rings. The Morgan fingerprint density at radius 1 is 1.54 bits per heavy atom. The molecule has 8 heteroatoms. The smallest absolute Gasteiger partial charge is 0.194 e. The van der Waals surface area contributed by atoms with E-state index in [4.69, 9.17) is 9.73 Å². The van der Waals surface area contributed by atoms with Crippen LogP contribution in [-0.4, -0.2) is 72.3 Å². The van der Waals surface area contributed by atoms with Crippen LogP contribution < -0.4 is 5.32 Å². The Balaban J connectivity index is 0.00000338. The number of morpholine rings is 1. The minimum absolute atomic E-state index is 0. The van der Waals surface area contributed by atoms with E-state index in [1.54, 1.807) is 0 Å². The predicted molar refractivity (Wildman–Crippen MR) is 122 cm³/mol. The Morgan fingerprint density at radius 2 is 2.27 bits per heavy atom. The third-order valence-corrected chi connectivity index (χ3v) is 5.09. The van der Waals surface area contributed by atoms with Crippen molar-refractivity contribution < 1.29 is 4.74 Å². The highest BCUT2D eigenvalue weighted by atomic mass is 127. The fraction of sp³-hybridized carbons (Fsp3) is 0.722. The number of aromatic nitrogens is 1. The van der Waals surface area contributed by atoms with E-state index in [0.29, 0.717) is 12.1 Å². The average Bonchev–Trinajstić information content (AvgIpc) is 2.88. The van der Waals surface area contributed by atoms with E-state index in [1.807, 2.05) is 0 Å². The summed E-state index contributed by atoms with van der Waals surface area (Å²) in [5, 5.41) is 3.41. The number of rotatable bonds is 6. The second-order valence-corrected chi connectivity index (χ2v) is 7.74. The van der Waals surface area contributed by atoms with Gasteiger partial charge in [-0.05, 0) is 42.8 Å². The first-order chi connectivity index (χ1) is 11.9. The van der Waals surface area contributed by atoms with Gasteiger partial charge in [0.2, 0.25) is 0 Å². The first-order valence-electron chi connectivity index (χ1n) is 9.06. The molecule has 0 radical (unpaired) electrons. The number of nitrogens with one attached hydrogen (secondary N) is 1. The number of hydrogen-bond donors (Lipinski definition) is 1. The van der Waals surface area contributed by atoms with Gasteiger partial charge in [-0.1, -0.05) is 0 Å². The van der Waals surface area contributed by atoms with E-state index in [0.717, 1.165) is 49.8 Å². The zero-order valence-electron chi connectivity index (χ0n) is 16.5. The summed E-state index contributed by atoms with van der Waals surface area (Å²) in [6.45, 7) is 11.7. The van der Waals surface area contributed by atoms with Crippen LogP contribution in [0, 0.1) is 0 Å². The van der Waals surface area contributed by atoms with Gasteiger partial charge in [-0.15, -0.1) is 24.0 Å². The maximum atomic E-state index is 5.54. The van der Waals surface area contributed by atoms with Gasteiger partial charge in [0.15, 0.2) is 5.96 Å². The van der Waals surface area contributed by atoms with Crippen molar-refractivity contribution in [3.63, 3.8) is 0 Å². The first-order valence-corrected chi connectivity index (χ1v) is 9.85. The van der Waals surface area contributed by atoms with E-state index in [9.17, 15) is 0 Å². The maximum absolute atomic E-state index is 5.54. The zero-order valence-corrected chi connectivity index (χ0v) is 20.5. The molecule has 0 spiro atoms. The maximum Gasteiger partial charge on any atom is 0.194 e. The van der Waals surface area contributed by atoms with Gasteiger partial charge < -0.3 is 19.5 Å². The molecule has 1 aromatic heterocycles. The molecular weight excluding hydrogens is 509 g/mol. The molecule has 1 saturated heterocycles. The van der Waals surface area contributed by atoms with E-state index in [2.05, 4.69) is 82.7 Å². The second-order valence-electron chi connectivity index (χ2n) is 6.82. The van der Waals surface area contributed by atoms with Gasteiger partial charge in [0.05, 0.1) is 26.3 Å². The average molecular weight is 542 g/mol. The molecule has 1 aliphatic heterocycles. The quantitative estimate of drug-likeness (QED) is 0.342. The van der Waals surface area contributed by atoms with Gasteiger partial charge in [-0.25, -0.2) is 0 Å². The van der Waals surface area contributed by atoms with Crippen molar-refractivity contribution in [2.75, 3.05) is 39.9 Å². The lowest BCUT2D eigenvalue weighted by Crippen LogP contribution is -2.49. The molecule has 6 nitrogen and oxygen atoms in total. The highest BCUT2D eigenvalue weighted by Crippen LogP contribution is 2.15. The van der Waals surface area contributed by atoms with Crippen molar-refractivity contribution in [3.05, 3.63) is 22.4 Å². The van der Waals surface area contributed by atoms with Crippen LogP contribution in [-0.2, 0) is 18.3 Å². The van der Waals surface area contributed by atoms with Crippen LogP contribution in [0.15, 0.2) is 21.7 Å². The summed E-state index contributed by atoms with van der Waals surface area (Å²) in [6, 6.07) is 3.02. The number of aliphatic imine (C=N–C) groups is 1. The molecule has 26 heavy (non-hydrogen) atoms. The van der Waals surface area contributed by atoms with Gasteiger partial charge in [0.25, 0.3) is 0 Å². The third-order valence-electron chi connectivity index (χ3n) is 4.66. The van der Waals surface area contributed by atoms with Crippen molar-refractivity contribution in [3.8, 4) is 0 Å². The number of ether oxygens (including phenoxy) is 1. The zero-order chi connectivity index (χ0) is 18.4. The number of hydrogen-bond acceptors (Lipinski definition) is 3. The molecular formula is C18H33BrIN5O. The van der Waals surface area contributed by atoms with Crippen LogP contribution in [0.3, 0.4) is 0 Å². The molecule has 0 bridgehead atoms. The van der Waals surface area contributed by atoms with E-state index >= 15 is 0 Å². The Labute approximate surface area is 183 Å². The van der Waals surface area contributed by atoms with Gasteiger partial charge in [-0.2, -0.15) is 0 Å². The Bertz CT molecular complexity index is 580. The monoisotopic (exact) mass is 541 g/mol. The fourth-order valence-electron chi connectivity index (χ4n) is 3.23. The van der Waals surface area contributed by atoms with Gasteiger partial charge >= 0.3 is 0 Å². The minimum atomic E-state index is 0. The largest absolute Gasteiger partial charge is 0.379 e. The Morgan fingerprint density at radius 3 is 2.85 bits per heavy atom. The topological polar surface area (TPSA) is 45.0 Å². The summed E-state index contributed by atoms with van der Waals surface area (Å²) in [6.07, 6.45) is 2.08. The van der Waals surface area contributed by atoms with E-state index in [-0.39, 0.29) is 24.0 Å². The summed E-state index contributed by atoms with van der Waals surface area (Å²) in [4.78, 5) is 9.56. The molecule has 150 valence electrons. The van der Waals surface area contributed by atoms with Crippen LogP contribution >= 0.6 is 39.9 Å². The normalized spacial score (nSPS) is 19.8. The summed E-state index contributed by atoms with van der Waals surface area (Å²) in [5.41, 5.74) is 1.25. The SMILES string of the molecule is CCNC(=NCC(C)N1CCOCC1C)N(C)Cc1cc(Br)cn1C.I. The molecule has 2 rings (SSSR count). The van der Waals surface area contributed by atoms with Crippen molar-refractivity contribution >= 4 is 45.9 Å². The lowest BCUT2D eigenvalue weighted by molar-refractivity contribution is -0.0166. The minimum Gasteiger partial charge on any atom is -0.379 e. The molecule has 0 aliphatic carbocycles. The molecule has 1 N–H and O–H groups in total. The van der Waals surface area contributed by atoms with Crippen LogP contribution in [0.5, 0.6) is 0 Å². The summed E-state index contributed by atoms with van der Waals surface area (Å²) >= 11 is 3.54. The predicted octanol–water partition coefficient (Wildman–Crippen LogP) is 2.91. The number of halogens is 2. The van der Waals surface area contributed by atoms with Crippen molar-refractivity contribution in [1.82, 2.24) is 19.7 Å². The van der Waals surface area contributed by atoms with Crippen molar-refractivity contribution in [2.45, 2.75) is 39.4 Å². The molecule has 0 saturated carbocycles. The van der Waals surface area contributed by atoms with Gasteiger partial charge in [-0.3, -0.25) is 9.89 Å². The Hall–Kier alpha value is -0.320. The van der Waals surface area contributed by atoms with Gasteiger partial charge in [0, 0.05) is 55.6 Å². The fourth-order valence-corrected chi connectivity index (χ4v) is 3.80. The van der Waals surface area contributed by atoms with E-state index in [1.165, 1.54) is 5.69 Å². The standard InChI is InChI=1S/C18H32BrN5O.HI/c1-6-20-18(23(5)12-17-9-16(19)11-22(17)4)21-10-14(2)24-7-8-25-13-15(24)3;/h9,11,14-15H,6-8,10,12-13H2,1-5H3,(H,20,21);1H. The lowest BCUT2D eigenvalue weighted by Gasteiger charge is -2.37. The van der Waals surface area contributed by atoms with Crippen LogP contribution in [0.2, 0.25) is 0 Å². The molecule has 1 aliphatic rings. The molecule has 2 atom stereocenters. The van der Waals surface area contributed by atoms with Gasteiger partial charge in [0.1, 0.15) is 0 Å². The van der Waals surface area contributed by atoms with Crippen molar-refractivity contribution in [2.24, 2.45) is 12.0 Å². The first kappa shape index (κ1) is 23.7. The summed E-state index contributed by atoms with van der Waals surface area (Å²) in [7, 11) is 4.16. The Kier molecular flexibility index (Phi) is 10.5. The molecule has 1 aromatic rings. The highest BCUT2D eigenvalue weighted by Gasteiger charge is 2.23. The third kappa shape index (κ3) is 6.69. The number of guanidine groups is 1. The summed E-state index contributed by atoms with van der Waals surface area (Å²) < 4.78 is 8.79. The highest BCUT2D eigenvalue weighted by molar-refractivity contribution is 14.0. The number of aryl methyl sites for hydroxylation is 1. The van der Waals surface area contributed by atoms with Crippen LogP contribution in [0.1, 0.15) is 26.5 Å². The summed E-state index contributed by atoms with van der Waals surface area (Å²) in [5.74, 6) is 0.951. The number of nitrogens with zero attached hydrogens (tertiary/aromatic N) is 4. The van der Waals surface area contributed by atoms with Crippen LogP contribution in [0.4, 0.5) is 0 Å². The molecule has 0 amide bonds. The second kappa shape index (κ2) is 11.5. The molecule has 2 heterocycles. The lowest BCUT2D eigenvalue weighted by atomic mass is 10.2. The van der Waals surface area contributed by atoms with Crippen LogP contribution in [0.25, 0.3) is 0 Å². The molecule has 2 unspecified atom stereocenters. The van der Waals surface area contributed by atoms with Crippen molar-refractivity contribution in [1.29, 1.82) is 0 Å². The molecule has 0 aromatic carbocycles. The van der Waals surface area contributed by atoms with E-state index < -0.39 is 0 Å².